The second-order valence-electron chi connectivity index (χ2n) is 7.07. The van der Waals surface area contributed by atoms with Crippen molar-refractivity contribution < 1.29 is 22.7 Å². The van der Waals surface area contributed by atoms with Gasteiger partial charge in [-0.05, 0) is 30.2 Å². The zero-order valence-electron chi connectivity index (χ0n) is 16.0. The van der Waals surface area contributed by atoms with E-state index in [1.54, 1.807) is 18.0 Å². The molecule has 1 spiro atoms. The monoisotopic (exact) mass is 402 g/mol. The maximum atomic E-state index is 13.2. The van der Waals surface area contributed by atoms with E-state index in [1.807, 2.05) is 24.3 Å². The van der Waals surface area contributed by atoms with Gasteiger partial charge >= 0.3 is 0 Å². The Hall–Kier alpha value is -2.58. The van der Waals surface area contributed by atoms with Crippen molar-refractivity contribution in [2.75, 3.05) is 39.3 Å². The van der Waals surface area contributed by atoms with Gasteiger partial charge in [-0.3, -0.25) is 4.79 Å². The van der Waals surface area contributed by atoms with Crippen molar-refractivity contribution >= 4 is 21.6 Å². The van der Waals surface area contributed by atoms with Crippen LogP contribution in [0.15, 0.2) is 47.4 Å². The van der Waals surface area contributed by atoms with E-state index in [9.17, 15) is 13.2 Å². The highest BCUT2D eigenvalue weighted by molar-refractivity contribution is 7.89. The van der Waals surface area contributed by atoms with Gasteiger partial charge in [-0.25, -0.2) is 8.42 Å². The van der Waals surface area contributed by atoms with Gasteiger partial charge in [-0.2, -0.15) is 4.31 Å². The summed E-state index contributed by atoms with van der Waals surface area (Å²) in [6, 6.07) is 12.1. The zero-order chi connectivity index (χ0) is 20.1. The number of ether oxygens (including phenoxy) is 2. The van der Waals surface area contributed by atoms with E-state index < -0.39 is 15.4 Å². The largest absolute Gasteiger partial charge is 0.493 e. The second kappa shape index (κ2) is 6.49. The minimum Gasteiger partial charge on any atom is -0.493 e. The molecule has 2 aromatic carbocycles. The Balaban J connectivity index is 1.71. The van der Waals surface area contributed by atoms with Crippen molar-refractivity contribution in [3.05, 3.63) is 48.0 Å². The number of hydrogen-bond acceptors (Lipinski definition) is 5. The number of nitrogens with zero attached hydrogens (tertiary/aromatic N) is 2. The fourth-order valence-electron chi connectivity index (χ4n) is 4.22. The summed E-state index contributed by atoms with van der Waals surface area (Å²) in [7, 11) is 0.919. The van der Waals surface area contributed by atoms with Gasteiger partial charge in [0.15, 0.2) is 11.5 Å². The highest BCUT2D eigenvalue weighted by Gasteiger charge is 2.55. The number of methoxy groups -OCH3 is 2. The smallest absolute Gasteiger partial charge is 0.243 e. The molecule has 2 heterocycles. The van der Waals surface area contributed by atoms with Gasteiger partial charge in [0.25, 0.3) is 0 Å². The van der Waals surface area contributed by atoms with E-state index in [-0.39, 0.29) is 23.9 Å². The first kappa shape index (κ1) is 18.8. The minimum atomic E-state index is -3.78. The van der Waals surface area contributed by atoms with Gasteiger partial charge in [0.05, 0.1) is 24.5 Å². The molecule has 1 atom stereocenters. The molecule has 0 aliphatic carbocycles. The fraction of sp³-hybridized carbons (Fsp3) is 0.350. The minimum absolute atomic E-state index is 0.0567. The van der Waals surface area contributed by atoms with Crippen molar-refractivity contribution in [1.29, 1.82) is 0 Å². The molecule has 0 saturated carbocycles. The zero-order valence-corrected chi connectivity index (χ0v) is 16.8. The lowest BCUT2D eigenvalue weighted by molar-refractivity contribution is -0.122. The maximum Gasteiger partial charge on any atom is 0.243 e. The molecule has 2 aliphatic heterocycles. The summed E-state index contributed by atoms with van der Waals surface area (Å²) in [5.74, 6) is 0.749. The van der Waals surface area contributed by atoms with Crippen LogP contribution in [0.1, 0.15) is 12.0 Å². The summed E-state index contributed by atoms with van der Waals surface area (Å²) in [6.45, 7) is 0.411. The van der Waals surface area contributed by atoms with E-state index in [1.165, 1.54) is 30.7 Å². The van der Waals surface area contributed by atoms with E-state index in [0.717, 1.165) is 11.3 Å². The summed E-state index contributed by atoms with van der Waals surface area (Å²) in [5, 5.41) is 0. The predicted octanol–water partition coefficient (Wildman–Crippen LogP) is 2.01. The molecule has 8 heteroatoms. The lowest BCUT2D eigenvalue weighted by Gasteiger charge is -2.23. The second-order valence-corrected chi connectivity index (χ2v) is 9.01. The normalized spacial score (nSPS) is 22.0. The molecular formula is C20H22N2O5S. The molecule has 0 radical (unpaired) electrons. The number of anilines is 1. The lowest BCUT2D eigenvalue weighted by atomic mass is 9.81. The van der Waals surface area contributed by atoms with Crippen LogP contribution in [0.5, 0.6) is 11.5 Å². The molecule has 1 amide bonds. The molecule has 0 N–H and O–H groups in total. The first-order valence-corrected chi connectivity index (χ1v) is 10.4. The molecule has 7 nitrogen and oxygen atoms in total. The summed E-state index contributed by atoms with van der Waals surface area (Å²) < 4.78 is 38.3. The number of para-hydroxylation sites is 1. The van der Waals surface area contributed by atoms with Crippen LogP contribution in [0.2, 0.25) is 0 Å². The number of hydrogen-bond donors (Lipinski definition) is 0. The van der Waals surface area contributed by atoms with Crippen LogP contribution in [0.4, 0.5) is 5.69 Å². The third-order valence-corrected chi connectivity index (χ3v) is 7.56. The van der Waals surface area contributed by atoms with Crippen LogP contribution in [0, 0.1) is 0 Å². The van der Waals surface area contributed by atoms with Crippen LogP contribution >= 0.6 is 0 Å². The molecule has 4 rings (SSSR count). The number of benzene rings is 2. The fourth-order valence-corrected chi connectivity index (χ4v) is 5.73. The number of amides is 1. The van der Waals surface area contributed by atoms with Gasteiger partial charge in [0, 0.05) is 31.9 Å². The quantitative estimate of drug-likeness (QED) is 0.782. The molecule has 28 heavy (non-hydrogen) atoms. The van der Waals surface area contributed by atoms with Gasteiger partial charge in [0.2, 0.25) is 15.9 Å². The summed E-state index contributed by atoms with van der Waals surface area (Å²) in [6.07, 6.45) is 0.458. The molecule has 0 unspecified atom stereocenters. The number of likely N-dealkylation sites (N-methyl/N-ethyl adjacent to an activating group) is 1. The van der Waals surface area contributed by atoms with Crippen LogP contribution in [0.3, 0.4) is 0 Å². The van der Waals surface area contributed by atoms with E-state index >= 15 is 0 Å². The highest BCUT2D eigenvalue weighted by atomic mass is 32.2. The van der Waals surface area contributed by atoms with Crippen molar-refractivity contribution in [3.63, 3.8) is 0 Å². The van der Waals surface area contributed by atoms with Crippen molar-refractivity contribution in [3.8, 4) is 11.5 Å². The van der Waals surface area contributed by atoms with Gasteiger partial charge < -0.3 is 14.4 Å². The first-order chi connectivity index (χ1) is 13.3. The average Bonchev–Trinajstić information content (AvgIpc) is 3.26. The van der Waals surface area contributed by atoms with Crippen LogP contribution < -0.4 is 14.4 Å². The Morgan fingerprint density at radius 3 is 2.46 bits per heavy atom. The van der Waals surface area contributed by atoms with E-state index in [4.69, 9.17) is 9.47 Å². The Morgan fingerprint density at radius 1 is 1.04 bits per heavy atom. The standard InChI is InChI=1S/C20H22N2O5S/c1-21-16-7-5-4-6-15(16)20(19(21)23)10-11-22(13-20)28(24,25)14-8-9-17(26-2)18(12-14)27-3/h4-9,12H,10-11,13H2,1-3H3/t20-/m1/s1. The highest BCUT2D eigenvalue weighted by Crippen LogP contribution is 2.47. The molecule has 2 aromatic rings. The third kappa shape index (κ3) is 2.51. The van der Waals surface area contributed by atoms with Crippen LogP contribution in [-0.4, -0.2) is 53.0 Å². The average molecular weight is 402 g/mol. The summed E-state index contributed by atoms with van der Waals surface area (Å²) in [5.41, 5.74) is 0.917. The molecule has 1 fully saturated rings. The first-order valence-electron chi connectivity index (χ1n) is 8.95. The Morgan fingerprint density at radius 2 is 1.75 bits per heavy atom. The Labute approximate surface area is 164 Å². The Kier molecular flexibility index (Phi) is 4.35. The number of fused-ring (bicyclic) bond motifs is 2. The van der Waals surface area contributed by atoms with Gasteiger partial charge in [-0.1, -0.05) is 18.2 Å². The topological polar surface area (TPSA) is 76.2 Å². The summed E-state index contributed by atoms with van der Waals surface area (Å²) in [4.78, 5) is 14.8. The molecule has 0 aromatic heterocycles. The van der Waals surface area contributed by atoms with Crippen molar-refractivity contribution in [1.82, 2.24) is 4.31 Å². The maximum absolute atomic E-state index is 13.2. The van der Waals surface area contributed by atoms with Crippen molar-refractivity contribution in [2.45, 2.75) is 16.7 Å². The number of carbonyl (C=O) groups excluding carboxylic acids is 1. The van der Waals surface area contributed by atoms with Crippen molar-refractivity contribution in [2.24, 2.45) is 0 Å². The number of rotatable bonds is 4. The summed E-state index contributed by atoms with van der Waals surface area (Å²) >= 11 is 0. The molecular weight excluding hydrogens is 380 g/mol. The number of carbonyl (C=O) groups is 1. The Bertz CT molecular complexity index is 1050. The lowest BCUT2D eigenvalue weighted by Crippen LogP contribution is -2.42. The predicted molar refractivity (Wildman–Crippen MR) is 104 cm³/mol. The molecule has 148 valence electrons. The van der Waals surface area contributed by atoms with E-state index in [0.29, 0.717) is 17.9 Å². The SMILES string of the molecule is COc1ccc(S(=O)(=O)N2CC[C@]3(C2)C(=O)N(C)c2ccccc23)cc1OC. The molecule has 1 saturated heterocycles. The molecule has 0 bridgehead atoms. The molecule has 2 aliphatic rings. The number of sulfonamides is 1. The van der Waals surface area contributed by atoms with E-state index in [2.05, 4.69) is 0 Å². The van der Waals surface area contributed by atoms with Gasteiger partial charge in [0.1, 0.15) is 0 Å². The van der Waals surface area contributed by atoms with Crippen LogP contribution in [-0.2, 0) is 20.2 Å². The third-order valence-electron chi connectivity index (χ3n) is 5.72. The van der Waals surface area contributed by atoms with Crippen LogP contribution in [0.25, 0.3) is 0 Å². The van der Waals surface area contributed by atoms with Gasteiger partial charge in [-0.15, -0.1) is 0 Å².